The van der Waals surface area contributed by atoms with E-state index in [4.69, 9.17) is 16.9 Å². The van der Waals surface area contributed by atoms with Crippen LogP contribution in [0.4, 0.5) is 0 Å². The number of fused-ring (bicyclic) bond motifs is 1. The molecule has 0 atom stereocenters. The predicted octanol–water partition coefficient (Wildman–Crippen LogP) is 0.0756. The van der Waals surface area contributed by atoms with Crippen molar-refractivity contribution >= 4 is 30.6 Å². The third kappa shape index (κ3) is 2.73. The zero-order chi connectivity index (χ0) is 15.0. The van der Waals surface area contributed by atoms with Gasteiger partial charge in [0.1, 0.15) is 0 Å². The van der Waals surface area contributed by atoms with E-state index < -0.39 is 12.7 Å². The van der Waals surface area contributed by atoms with Gasteiger partial charge >= 0.3 is 7.12 Å². The Labute approximate surface area is 124 Å². The highest BCUT2D eigenvalue weighted by Crippen LogP contribution is 2.12. The number of carbonyl (C=O) groups is 1. The lowest BCUT2D eigenvalue weighted by Crippen LogP contribution is -2.28. The molecule has 0 bridgehead atoms. The molecule has 0 fully saturated rings. The largest absolute Gasteiger partial charge is 0.491 e. The van der Waals surface area contributed by atoms with E-state index in [1.165, 1.54) is 6.20 Å². The van der Waals surface area contributed by atoms with Crippen LogP contribution < -0.4 is 11.0 Å². The molecule has 0 aliphatic carbocycles. The van der Waals surface area contributed by atoms with Gasteiger partial charge in [-0.2, -0.15) is 0 Å². The standard InChI is InChI=1S/C13H11BN2O4S/c17-11(9-5-15-13(21)16-12(9)18)4-7-1-2-8-6-20-14(19)10(8)3-7/h1-3,5,19H,4,6H2,(H2,15,16,18,21). The molecule has 6 nitrogen and oxygen atoms in total. The Morgan fingerprint density at radius 3 is 3.05 bits per heavy atom. The van der Waals surface area contributed by atoms with Crippen LogP contribution in [0.3, 0.4) is 0 Å². The first-order valence-corrected chi connectivity index (χ1v) is 6.72. The second-order valence-corrected chi connectivity index (χ2v) is 5.19. The summed E-state index contributed by atoms with van der Waals surface area (Å²) < 4.78 is 5.27. The Balaban J connectivity index is 1.87. The van der Waals surface area contributed by atoms with E-state index in [9.17, 15) is 14.6 Å². The lowest BCUT2D eigenvalue weighted by molar-refractivity contribution is 0.0991. The van der Waals surface area contributed by atoms with Crippen LogP contribution in [0.15, 0.2) is 29.2 Å². The molecular weight excluding hydrogens is 291 g/mol. The minimum atomic E-state index is -0.953. The summed E-state index contributed by atoms with van der Waals surface area (Å²) in [5.41, 5.74) is 1.81. The van der Waals surface area contributed by atoms with Crippen molar-refractivity contribution in [2.45, 2.75) is 13.0 Å². The van der Waals surface area contributed by atoms with Gasteiger partial charge in [0.2, 0.25) is 0 Å². The molecule has 0 spiro atoms. The number of H-pyrrole nitrogens is 2. The Hall–Kier alpha value is -2.03. The number of aromatic nitrogens is 2. The number of aromatic amines is 2. The second-order valence-electron chi connectivity index (χ2n) is 4.78. The predicted molar refractivity (Wildman–Crippen MR) is 79.1 cm³/mol. The molecule has 0 unspecified atom stereocenters. The van der Waals surface area contributed by atoms with Crippen LogP contribution >= 0.6 is 12.2 Å². The highest BCUT2D eigenvalue weighted by molar-refractivity contribution is 7.71. The lowest BCUT2D eigenvalue weighted by atomic mass is 9.78. The second kappa shape index (κ2) is 5.40. The third-order valence-electron chi connectivity index (χ3n) is 3.36. The normalized spacial score (nSPS) is 13.3. The van der Waals surface area contributed by atoms with Crippen LogP contribution in [-0.4, -0.2) is 27.9 Å². The summed E-state index contributed by atoms with van der Waals surface area (Å²) in [5.74, 6) is -0.323. The number of ketones is 1. The van der Waals surface area contributed by atoms with Crippen LogP contribution in [0.1, 0.15) is 21.5 Å². The Kier molecular flexibility index (Phi) is 3.58. The first-order valence-electron chi connectivity index (χ1n) is 6.31. The SMILES string of the molecule is O=C(Cc1ccc2c(c1)B(O)OC2)c1c[nH]c(=S)[nH]c1=O. The van der Waals surface area contributed by atoms with Crippen molar-refractivity contribution in [3.63, 3.8) is 0 Å². The van der Waals surface area contributed by atoms with E-state index in [1.54, 1.807) is 12.1 Å². The number of hydrogen-bond acceptors (Lipinski definition) is 5. The van der Waals surface area contributed by atoms with Gasteiger partial charge in [0, 0.05) is 12.6 Å². The van der Waals surface area contributed by atoms with Crippen LogP contribution in [0.2, 0.25) is 0 Å². The lowest BCUT2D eigenvalue weighted by Gasteiger charge is -2.04. The van der Waals surface area contributed by atoms with E-state index >= 15 is 0 Å². The number of rotatable bonds is 3. The van der Waals surface area contributed by atoms with Crippen molar-refractivity contribution in [3.8, 4) is 0 Å². The number of nitrogens with one attached hydrogen (secondary N) is 2. The summed E-state index contributed by atoms with van der Waals surface area (Å²) in [4.78, 5) is 28.9. The number of carbonyl (C=O) groups excluding carboxylic acids is 1. The molecule has 2 heterocycles. The van der Waals surface area contributed by atoms with Crippen LogP contribution in [0.25, 0.3) is 0 Å². The van der Waals surface area contributed by atoms with Gasteiger partial charge in [-0.1, -0.05) is 18.2 Å². The first-order chi connectivity index (χ1) is 10.0. The molecule has 1 aromatic heterocycles. The van der Waals surface area contributed by atoms with E-state index in [0.717, 1.165) is 5.56 Å². The fourth-order valence-corrected chi connectivity index (χ4v) is 2.42. The van der Waals surface area contributed by atoms with E-state index in [1.807, 2.05) is 6.07 Å². The van der Waals surface area contributed by atoms with Crippen molar-refractivity contribution < 1.29 is 14.5 Å². The van der Waals surface area contributed by atoms with E-state index in [2.05, 4.69) is 9.97 Å². The molecule has 1 aliphatic heterocycles. The minimum Gasteiger partial charge on any atom is -0.423 e. The average Bonchev–Trinajstić information content (AvgIpc) is 2.80. The Morgan fingerprint density at radius 2 is 2.29 bits per heavy atom. The molecule has 21 heavy (non-hydrogen) atoms. The van der Waals surface area contributed by atoms with Crippen LogP contribution in [0, 0.1) is 4.77 Å². The molecule has 3 rings (SSSR count). The van der Waals surface area contributed by atoms with E-state index in [0.29, 0.717) is 17.6 Å². The van der Waals surface area contributed by atoms with Crippen molar-refractivity contribution in [1.82, 2.24) is 9.97 Å². The summed E-state index contributed by atoms with van der Waals surface area (Å²) >= 11 is 4.78. The third-order valence-corrected chi connectivity index (χ3v) is 3.58. The molecule has 0 saturated carbocycles. The molecule has 106 valence electrons. The monoisotopic (exact) mass is 302 g/mol. The van der Waals surface area contributed by atoms with Gasteiger partial charge in [0.15, 0.2) is 10.6 Å². The quantitative estimate of drug-likeness (QED) is 0.424. The highest BCUT2D eigenvalue weighted by atomic mass is 32.1. The molecular formula is C13H11BN2O4S. The molecule has 2 aromatic rings. The smallest absolute Gasteiger partial charge is 0.423 e. The zero-order valence-electron chi connectivity index (χ0n) is 10.9. The number of benzene rings is 1. The summed E-state index contributed by atoms with van der Waals surface area (Å²) in [6, 6.07) is 5.33. The van der Waals surface area contributed by atoms with Gasteiger partial charge in [0.25, 0.3) is 5.56 Å². The summed E-state index contributed by atoms with van der Waals surface area (Å²) in [6.07, 6.45) is 1.38. The van der Waals surface area contributed by atoms with Gasteiger partial charge in [-0.05, 0) is 28.8 Å². The maximum atomic E-state index is 12.2. The molecule has 1 aromatic carbocycles. The first kappa shape index (κ1) is 13.9. The van der Waals surface area contributed by atoms with Gasteiger partial charge in [-0.25, -0.2) is 0 Å². The van der Waals surface area contributed by atoms with E-state index in [-0.39, 0.29) is 22.5 Å². The molecule has 8 heteroatoms. The van der Waals surface area contributed by atoms with Crippen LogP contribution in [0.5, 0.6) is 0 Å². The molecule has 0 amide bonds. The Bertz CT molecular complexity index is 829. The van der Waals surface area contributed by atoms with Gasteiger partial charge in [0.05, 0.1) is 12.2 Å². The van der Waals surface area contributed by atoms with Crippen molar-refractivity contribution in [3.05, 3.63) is 56.2 Å². The fraction of sp³-hybridized carbons (Fsp3) is 0.154. The van der Waals surface area contributed by atoms with Crippen LogP contribution in [-0.2, 0) is 17.7 Å². The highest BCUT2D eigenvalue weighted by Gasteiger charge is 2.27. The molecule has 0 radical (unpaired) electrons. The molecule has 3 N–H and O–H groups in total. The summed E-state index contributed by atoms with van der Waals surface area (Å²) in [5, 5.41) is 9.65. The summed E-state index contributed by atoms with van der Waals surface area (Å²) in [6.45, 7) is 0.361. The topological polar surface area (TPSA) is 95.2 Å². The zero-order valence-corrected chi connectivity index (χ0v) is 11.7. The fourth-order valence-electron chi connectivity index (χ4n) is 2.27. The minimum absolute atomic E-state index is 0.0286. The summed E-state index contributed by atoms with van der Waals surface area (Å²) in [7, 11) is -0.953. The van der Waals surface area contributed by atoms with Gasteiger partial charge in [-0.3, -0.25) is 14.6 Å². The van der Waals surface area contributed by atoms with Crippen molar-refractivity contribution in [2.75, 3.05) is 0 Å². The number of Topliss-reactive ketones (excluding diaryl/α,β-unsaturated/α-hetero) is 1. The average molecular weight is 302 g/mol. The molecule has 1 aliphatic rings. The van der Waals surface area contributed by atoms with Crippen molar-refractivity contribution in [2.24, 2.45) is 0 Å². The maximum Gasteiger partial charge on any atom is 0.491 e. The van der Waals surface area contributed by atoms with Crippen molar-refractivity contribution in [1.29, 1.82) is 0 Å². The maximum absolute atomic E-state index is 12.2. The van der Waals surface area contributed by atoms with Gasteiger partial charge in [-0.15, -0.1) is 0 Å². The Morgan fingerprint density at radius 1 is 1.48 bits per heavy atom. The number of hydrogen-bond donors (Lipinski definition) is 3. The van der Waals surface area contributed by atoms with Gasteiger partial charge < -0.3 is 14.7 Å². The molecule has 0 saturated heterocycles.